The number of nitrogens with zero attached hydrogens (tertiary/aromatic N) is 3. The lowest BCUT2D eigenvalue weighted by molar-refractivity contribution is 0.416. The Hall–Kier alpha value is -3.14. The molecule has 4 rings (SSSR count). The number of hydrogen-bond donors (Lipinski definition) is 0. The largest absolute Gasteiger partial charge is 0.494 e. The molecule has 1 heterocycles. The van der Waals surface area contributed by atoms with Gasteiger partial charge in [0.15, 0.2) is 0 Å². The van der Waals surface area contributed by atoms with Crippen LogP contribution in [-0.4, -0.2) is 7.11 Å². The molecule has 4 nitrogen and oxygen atoms in total. The van der Waals surface area contributed by atoms with Crippen LogP contribution in [0.2, 0.25) is 0 Å². The van der Waals surface area contributed by atoms with E-state index in [1.165, 1.54) is 16.7 Å². The maximum Gasteiger partial charge on any atom is 0.148 e. The maximum atomic E-state index is 5.55. The van der Waals surface area contributed by atoms with Crippen LogP contribution < -0.4 is 9.64 Å². The molecule has 4 heteroatoms. The molecule has 0 unspecified atom stereocenters. The minimum atomic E-state index is 0.730. The molecule has 0 fully saturated rings. The molecular weight excluding hydrogens is 322 g/mol. The third kappa shape index (κ3) is 3.31. The molecule has 0 saturated heterocycles. The molecule has 0 radical (unpaired) electrons. The van der Waals surface area contributed by atoms with Gasteiger partial charge in [0.2, 0.25) is 0 Å². The molecule has 1 aliphatic heterocycles. The van der Waals surface area contributed by atoms with E-state index >= 15 is 0 Å². The highest BCUT2D eigenvalue weighted by atomic mass is 16.5. The molecule has 130 valence electrons. The molecule has 3 aromatic rings. The maximum absolute atomic E-state index is 5.55. The van der Waals surface area contributed by atoms with Crippen molar-refractivity contribution >= 4 is 17.1 Å². The summed E-state index contributed by atoms with van der Waals surface area (Å²) in [5.74, 6) is 0.731. The molecule has 0 aromatic heterocycles. The van der Waals surface area contributed by atoms with Gasteiger partial charge in [-0.25, -0.2) is 0 Å². The van der Waals surface area contributed by atoms with Gasteiger partial charge in [-0.3, -0.25) is 0 Å². The smallest absolute Gasteiger partial charge is 0.148 e. The van der Waals surface area contributed by atoms with Crippen molar-refractivity contribution in [1.29, 1.82) is 0 Å². The Labute approximate surface area is 153 Å². The van der Waals surface area contributed by atoms with E-state index in [0.717, 1.165) is 35.9 Å². The number of benzene rings is 3. The zero-order valence-corrected chi connectivity index (χ0v) is 15.0. The van der Waals surface area contributed by atoms with Gasteiger partial charge in [-0.2, -0.15) is 5.11 Å². The van der Waals surface area contributed by atoms with E-state index in [4.69, 9.17) is 4.74 Å². The summed E-state index contributed by atoms with van der Waals surface area (Å²) in [7, 11) is 1.67. The zero-order valence-electron chi connectivity index (χ0n) is 15.0. The van der Waals surface area contributed by atoms with Crippen molar-refractivity contribution in [3.63, 3.8) is 0 Å². The van der Waals surface area contributed by atoms with Crippen molar-refractivity contribution in [1.82, 2.24) is 0 Å². The first kappa shape index (κ1) is 16.3. The second kappa shape index (κ2) is 7.00. The van der Waals surface area contributed by atoms with Crippen LogP contribution in [-0.2, 0) is 13.1 Å². The van der Waals surface area contributed by atoms with Crippen LogP contribution >= 0.6 is 0 Å². The van der Waals surface area contributed by atoms with E-state index in [1.54, 1.807) is 7.11 Å². The molecule has 26 heavy (non-hydrogen) atoms. The number of ether oxygens (including phenoxy) is 1. The molecule has 0 atom stereocenters. The number of methoxy groups -OCH3 is 1. The molecule has 0 amide bonds. The lowest BCUT2D eigenvalue weighted by Crippen LogP contribution is -2.14. The Bertz CT molecular complexity index is 923. The summed E-state index contributed by atoms with van der Waals surface area (Å²) in [6.45, 7) is 3.90. The minimum absolute atomic E-state index is 0.730. The average molecular weight is 343 g/mol. The zero-order chi connectivity index (χ0) is 17.9. The number of fused-ring (bicyclic) bond motifs is 1. The Morgan fingerprint density at radius 2 is 1.54 bits per heavy atom. The first-order valence-corrected chi connectivity index (χ1v) is 8.71. The Kier molecular flexibility index (Phi) is 4.40. The van der Waals surface area contributed by atoms with Crippen LogP contribution in [0.25, 0.3) is 0 Å². The van der Waals surface area contributed by atoms with Crippen LogP contribution in [0.15, 0.2) is 77.0 Å². The Morgan fingerprint density at radius 1 is 0.846 bits per heavy atom. The molecule has 3 aromatic carbocycles. The van der Waals surface area contributed by atoms with E-state index < -0.39 is 0 Å². The quantitative estimate of drug-likeness (QED) is 0.550. The van der Waals surface area contributed by atoms with E-state index in [9.17, 15) is 0 Å². The van der Waals surface area contributed by atoms with Gasteiger partial charge in [-0.15, -0.1) is 5.11 Å². The number of aryl methyl sites for hydroxylation is 1. The van der Waals surface area contributed by atoms with Crippen molar-refractivity contribution in [3.8, 4) is 5.75 Å². The summed E-state index contributed by atoms with van der Waals surface area (Å²) in [6, 6.07) is 22.6. The Balaban J connectivity index is 1.56. The first-order chi connectivity index (χ1) is 12.7. The number of azo groups is 1. The van der Waals surface area contributed by atoms with E-state index in [2.05, 4.69) is 52.4 Å². The summed E-state index contributed by atoms with van der Waals surface area (Å²) in [5, 5.41) is 8.68. The topological polar surface area (TPSA) is 37.2 Å². The summed E-state index contributed by atoms with van der Waals surface area (Å²) in [4.78, 5) is 2.34. The molecule has 1 aliphatic rings. The van der Waals surface area contributed by atoms with Crippen LogP contribution in [0, 0.1) is 6.92 Å². The highest BCUT2D eigenvalue weighted by Gasteiger charge is 2.19. The van der Waals surface area contributed by atoms with E-state index in [-0.39, 0.29) is 0 Å². The van der Waals surface area contributed by atoms with Gasteiger partial charge in [0, 0.05) is 24.8 Å². The molecule has 0 spiro atoms. The molecule has 0 N–H and O–H groups in total. The molecular formula is C22H21N3O. The monoisotopic (exact) mass is 343 g/mol. The minimum Gasteiger partial charge on any atom is -0.494 e. The van der Waals surface area contributed by atoms with E-state index in [1.807, 2.05) is 36.4 Å². The van der Waals surface area contributed by atoms with Gasteiger partial charge < -0.3 is 9.64 Å². The Morgan fingerprint density at radius 3 is 2.19 bits per heavy atom. The highest BCUT2D eigenvalue weighted by Crippen LogP contribution is 2.36. The third-order valence-electron chi connectivity index (χ3n) is 4.68. The fraction of sp³-hybridized carbons (Fsp3) is 0.182. The normalized spacial score (nSPS) is 13.2. The molecule has 0 aliphatic carbocycles. The van der Waals surface area contributed by atoms with Gasteiger partial charge in [0.05, 0.1) is 12.8 Å². The van der Waals surface area contributed by atoms with Gasteiger partial charge in [-0.05, 0) is 42.3 Å². The van der Waals surface area contributed by atoms with Crippen molar-refractivity contribution in [2.24, 2.45) is 10.2 Å². The number of anilines is 1. The van der Waals surface area contributed by atoms with Crippen LogP contribution in [0.4, 0.5) is 17.1 Å². The second-order valence-corrected chi connectivity index (χ2v) is 6.52. The van der Waals surface area contributed by atoms with Crippen molar-refractivity contribution in [2.45, 2.75) is 20.0 Å². The first-order valence-electron chi connectivity index (χ1n) is 8.71. The van der Waals surface area contributed by atoms with Crippen molar-refractivity contribution < 1.29 is 4.74 Å². The molecule has 0 bridgehead atoms. The van der Waals surface area contributed by atoms with Gasteiger partial charge in [-0.1, -0.05) is 42.0 Å². The van der Waals surface area contributed by atoms with Gasteiger partial charge in [0.1, 0.15) is 11.4 Å². The fourth-order valence-electron chi connectivity index (χ4n) is 3.18. The second-order valence-electron chi connectivity index (χ2n) is 6.52. The summed E-state index contributed by atoms with van der Waals surface area (Å²) in [5.41, 5.74) is 6.67. The van der Waals surface area contributed by atoms with E-state index in [0.29, 0.717) is 0 Å². The predicted octanol–water partition coefficient (Wildman–Crippen LogP) is 5.94. The van der Waals surface area contributed by atoms with Gasteiger partial charge in [0.25, 0.3) is 0 Å². The third-order valence-corrected chi connectivity index (χ3v) is 4.68. The van der Waals surface area contributed by atoms with Crippen LogP contribution in [0.5, 0.6) is 5.75 Å². The standard InChI is InChI=1S/C22H21N3O/c1-16-7-9-19(10-8-16)23-24-21-12-11-20(13-22(21)26-2)25-14-17-5-3-4-6-18(17)15-25/h3-13H,14-15H2,1-2H3. The summed E-state index contributed by atoms with van der Waals surface area (Å²) >= 11 is 0. The molecule has 0 saturated carbocycles. The SMILES string of the molecule is COc1cc(N2Cc3ccccc3C2)ccc1N=Nc1ccc(C)cc1. The lowest BCUT2D eigenvalue weighted by Gasteiger charge is -2.19. The average Bonchev–Trinajstić information content (AvgIpc) is 3.11. The fourth-order valence-corrected chi connectivity index (χ4v) is 3.18. The van der Waals surface area contributed by atoms with Crippen molar-refractivity contribution in [2.75, 3.05) is 12.0 Å². The highest BCUT2D eigenvalue weighted by molar-refractivity contribution is 5.63. The predicted molar refractivity (Wildman–Crippen MR) is 105 cm³/mol. The van der Waals surface area contributed by atoms with Crippen LogP contribution in [0.1, 0.15) is 16.7 Å². The summed E-state index contributed by atoms with van der Waals surface area (Å²) < 4.78 is 5.55. The van der Waals surface area contributed by atoms with Gasteiger partial charge >= 0.3 is 0 Å². The number of rotatable bonds is 4. The number of hydrogen-bond acceptors (Lipinski definition) is 4. The van der Waals surface area contributed by atoms with Crippen molar-refractivity contribution in [3.05, 3.63) is 83.4 Å². The van der Waals surface area contributed by atoms with Crippen LogP contribution in [0.3, 0.4) is 0 Å². The lowest BCUT2D eigenvalue weighted by atomic mass is 10.1. The summed E-state index contributed by atoms with van der Waals surface area (Å²) in [6.07, 6.45) is 0.